The summed E-state index contributed by atoms with van der Waals surface area (Å²) in [6.45, 7) is 11.0. The molecule has 0 saturated carbocycles. The highest BCUT2D eigenvalue weighted by Gasteiger charge is 2.07. The third-order valence-electron chi connectivity index (χ3n) is 3.34. The average molecular weight is 254 g/mol. The Hall–Kier alpha value is -1.80. The molecule has 100 valence electrons. The molecule has 0 amide bonds. The molecule has 2 aromatic rings. The van der Waals surface area contributed by atoms with Crippen molar-refractivity contribution >= 4 is 16.5 Å². The Morgan fingerprint density at radius 3 is 2.42 bits per heavy atom. The van der Waals surface area contributed by atoms with Crippen LogP contribution in [0.4, 0.5) is 5.69 Å². The summed E-state index contributed by atoms with van der Waals surface area (Å²) in [5, 5.41) is 2.45. The maximum Gasteiger partial charge on any atom is 0.0366 e. The number of fused-ring (bicyclic) bond motifs is 1. The van der Waals surface area contributed by atoms with Gasteiger partial charge in [-0.2, -0.15) is 0 Å². The van der Waals surface area contributed by atoms with Crippen molar-refractivity contribution in [1.29, 1.82) is 0 Å². The zero-order valence-corrected chi connectivity index (χ0v) is 11.8. The van der Waals surface area contributed by atoms with Gasteiger partial charge >= 0.3 is 0 Å². The smallest absolute Gasteiger partial charge is 0.0366 e. The van der Waals surface area contributed by atoms with Gasteiger partial charge in [0.25, 0.3) is 0 Å². The lowest BCUT2D eigenvalue weighted by atomic mass is 10.0. The Kier molecular flexibility index (Phi) is 4.23. The lowest BCUT2D eigenvalue weighted by Gasteiger charge is -2.21. The molecule has 2 heteroatoms. The summed E-state index contributed by atoms with van der Waals surface area (Å²) in [7, 11) is 0. The standard InChI is InChI=1S/C17H22N2/c1-4-19(11-13(2)3)12-16-9-14-7-5-6-8-15(14)10-17(16)18/h5-10H,2,4,11-12,18H2,1,3H3. The second-order valence-corrected chi connectivity index (χ2v) is 5.16. The van der Waals surface area contributed by atoms with Gasteiger partial charge in [-0.1, -0.05) is 43.3 Å². The van der Waals surface area contributed by atoms with Crippen molar-refractivity contribution in [2.24, 2.45) is 0 Å². The molecule has 2 rings (SSSR count). The van der Waals surface area contributed by atoms with Gasteiger partial charge in [-0.25, -0.2) is 0 Å². The Labute approximate surface area is 115 Å². The van der Waals surface area contributed by atoms with Gasteiger partial charge in [0.15, 0.2) is 0 Å². The molecule has 0 bridgehead atoms. The van der Waals surface area contributed by atoms with E-state index in [9.17, 15) is 0 Å². The number of hydrogen-bond acceptors (Lipinski definition) is 2. The van der Waals surface area contributed by atoms with Crippen molar-refractivity contribution < 1.29 is 0 Å². The fourth-order valence-corrected chi connectivity index (χ4v) is 2.34. The summed E-state index contributed by atoms with van der Waals surface area (Å²) in [4.78, 5) is 2.35. The van der Waals surface area contributed by atoms with Crippen LogP contribution >= 0.6 is 0 Å². The fourth-order valence-electron chi connectivity index (χ4n) is 2.34. The Bertz CT molecular complexity index is 587. The van der Waals surface area contributed by atoms with Crippen LogP contribution in [0.15, 0.2) is 48.6 Å². The third kappa shape index (κ3) is 3.36. The van der Waals surface area contributed by atoms with Gasteiger partial charge in [0.2, 0.25) is 0 Å². The predicted molar refractivity (Wildman–Crippen MR) is 84.1 cm³/mol. The highest BCUT2D eigenvalue weighted by molar-refractivity contribution is 5.86. The van der Waals surface area contributed by atoms with Gasteiger partial charge in [-0.15, -0.1) is 0 Å². The number of hydrogen-bond donors (Lipinski definition) is 1. The highest BCUT2D eigenvalue weighted by atomic mass is 15.1. The maximum atomic E-state index is 6.17. The lowest BCUT2D eigenvalue weighted by Crippen LogP contribution is -2.25. The fraction of sp³-hybridized carbons (Fsp3) is 0.294. The van der Waals surface area contributed by atoms with E-state index < -0.39 is 0 Å². The summed E-state index contributed by atoms with van der Waals surface area (Å²) in [5.41, 5.74) is 9.42. The van der Waals surface area contributed by atoms with E-state index in [1.807, 2.05) is 6.07 Å². The number of nitrogen functional groups attached to an aromatic ring is 1. The minimum Gasteiger partial charge on any atom is -0.398 e. The second-order valence-electron chi connectivity index (χ2n) is 5.16. The molecule has 0 unspecified atom stereocenters. The van der Waals surface area contributed by atoms with E-state index in [4.69, 9.17) is 5.73 Å². The molecule has 0 atom stereocenters. The SMILES string of the molecule is C=C(C)CN(CC)Cc1cc2ccccc2cc1N. The maximum absolute atomic E-state index is 6.17. The second kappa shape index (κ2) is 5.89. The third-order valence-corrected chi connectivity index (χ3v) is 3.34. The van der Waals surface area contributed by atoms with Gasteiger partial charge in [0.1, 0.15) is 0 Å². The number of anilines is 1. The Morgan fingerprint density at radius 1 is 1.21 bits per heavy atom. The largest absolute Gasteiger partial charge is 0.398 e. The van der Waals surface area contributed by atoms with E-state index >= 15 is 0 Å². The summed E-state index contributed by atoms with van der Waals surface area (Å²) in [5.74, 6) is 0. The zero-order valence-electron chi connectivity index (χ0n) is 11.8. The van der Waals surface area contributed by atoms with Crippen molar-refractivity contribution in [3.63, 3.8) is 0 Å². The number of likely N-dealkylation sites (N-methyl/N-ethyl adjacent to an activating group) is 1. The van der Waals surface area contributed by atoms with E-state index in [2.05, 4.69) is 55.7 Å². The first-order chi connectivity index (χ1) is 9.10. The van der Waals surface area contributed by atoms with Crippen LogP contribution in [0.2, 0.25) is 0 Å². The monoisotopic (exact) mass is 254 g/mol. The average Bonchev–Trinajstić information content (AvgIpc) is 2.38. The van der Waals surface area contributed by atoms with Crippen LogP contribution in [-0.4, -0.2) is 18.0 Å². The topological polar surface area (TPSA) is 29.3 Å². The van der Waals surface area contributed by atoms with E-state index in [-0.39, 0.29) is 0 Å². The van der Waals surface area contributed by atoms with Crippen LogP contribution in [-0.2, 0) is 6.54 Å². The van der Waals surface area contributed by atoms with Crippen molar-refractivity contribution in [3.8, 4) is 0 Å². The summed E-state index contributed by atoms with van der Waals surface area (Å²) >= 11 is 0. The van der Waals surface area contributed by atoms with Gasteiger partial charge in [-0.3, -0.25) is 4.90 Å². The normalized spacial score (nSPS) is 11.1. The van der Waals surface area contributed by atoms with E-state index in [0.29, 0.717) is 0 Å². The molecule has 0 aliphatic rings. The number of nitrogens with zero attached hydrogens (tertiary/aromatic N) is 1. The molecular formula is C17H22N2. The van der Waals surface area contributed by atoms with E-state index in [0.717, 1.165) is 25.3 Å². The minimum atomic E-state index is 0.874. The molecule has 2 aromatic carbocycles. The van der Waals surface area contributed by atoms with E-state index in [1.165, 1.54) is 21.9 Å². The Balaban J connectivity index is 2.28. The van der Waals surface area contributed by atoms with Crippen molar-refractivity contribution in [2.45, 2.75) is 20.4 Å². The van der Waals surface area contributed by atoms with Crippen LogP contribution < -0.4 is 5.73 Å². The van der Waals surface area contributed by atoms with Gasteiger partial charge in [0.05, 0.1) is 0 Å². The molecule has 2 N–H and O–H groups in total. The van der Waals surface area contributed by atoms with Gasteiger partial charge in [-0.05, 0) is 41.9 Å². The molecular weight excluding hydrogens is 232 g/mol. The summed E-state index contributed by atoms with van der Waals surface area (Å²) in [6.07, 6.45) is 0. The minimum absolute atomic E-state index is 0.874. The first-order valence-electron chi connectivity index (χ1n) is 6.74. The Morgan fingerprint density at radius 2 is 1.84 bits per heavy atom. The number of benzene rings is 2. The molecule has 0 aromatic heterocycles. The van der Waals surface area contributed by atoms with E-state index in [1.54, 1.807) is 0 Å². The molecule has 19 heavy (non-hydrogen) atoms. The quantitative estimate of drug-likeness (QED) is 0.649. The van der Waals surface area contributed by atoms with Crippen molar-refractivity contribution in [3.05, 3.63) is 54.1 Å². The van der Waals surface area contributed by atoms with Crippen molar-refractivity contribution in [2.75, 3.05) is 18.8 Å². The molecule has 0 aliphatic carbocycles. The van der Waals surface area contributed by atoms with Crippen LogP contribution in [0.1, 0.15) is 19.4 Å². The molecule has 0 radical (unpaired) electrons. The molecule has 0 saturated heterocycles. The van der Waals surface area contributed by atoms with Crippen LogP contribution in [0, 0.1) is 0 Å². The first-order valence-corrected chi connectivity index (χ1v) is 6.74. The number of nitrogens with two attached hydrogens (primary N) is 1. The van der Waals surface area contributed by atoms with Crippen molar-refractivity contribution in [1.82, 2.24) is 4.90 Å². The molecule has 0 fully saturated rings. The summed E-state index contributed by atoms with van der Waals surface area (Å²) < 4.78 is 0. The van der Waals surface area contributed by atoms with Crippen LogP contribution in [0.3, 0.4) is 0 Å². The van der Waals surface area contributed by atoms with Crippen LogP contribution in [0.25, 0.3) is 10.8 Å². The zero-order chi connectivity index (χ0) is 13.8. The number of rotatable bonds is 5. The summed E-state index contributed by atoms with van der Waals surface area (Å²) in [6, 6.07) is 12.6. The van der Waals surface area contributed by atoms with Gasteiger partial charge in [0, 0.05) is 18.8 Å². The predicted octanol–water partition coefficient (Wildman–Crippen LogP) is 3.82. The molecule has 0 heterocycles. The van der Waals surface area contributed by atoms with Crippen LogP contribution in [0.5, 0.6) is 0 Å². The van der Waals surface area contributed by atoms with Gasteiger partial charge < -0.3 is 5.73 Å². The molecule has 0 spiro atoms. The molecule has 2 nitrogen and oxygen atoms in total. The lowest BCUT2D eigenvalue weighted by molar-refractivity contribution is 0.305. The highest BCUT2D eigenvalue weighted by Crippen LogP contribution is 2.23. The first kappa shape index (κ1) is 13.6. The molecule has 0 aliphatic heterocycles.